The van der Waals surface area contributed by atoms with Gasteiger partial charge in [0.25, 0.3) is 11.5 Å². The summed E-state index contributed by atoms with van der Waals surface area (Å²) >= 11 is 12.9. The Hall–Kier alpha value is -5.19. The van der Waals surface area contributed by atoms with Gasteiger partial charge in [-0.1, -0.05) is 53.5 Å². The largest absolute Gasteiger partial charge is 0.496 e. The second-order valence-corrected chi connectivity index (χ2v) is 10.2. The van der Waals surface area contributed by atoms with Gasteiger partial charge in [-0.25, -0.2) is 9.37 Å². The van der Waals surface area contributed by atoms with E-state index in [1.807, 2.05) is 0 Å². The summed E-state index contributed by atoms with van der Waals surface area (Å²) in [5.41, 5.74) is 1.05. The molecule has 12 heteroatoms. The quantitative estimate of drug-likeness (QED) is 0.179. The van der Waals surface area contributed by atoms with E-state index in [2.05, 4.69) is 15.4 Å². The molecule has 0 unspecified atom stereocenters. The van der Waals surface area contributed by atoms with Gasteiger partial charge in [0, 0.05) is 0 Å². The molecule has 0 aliphatic rings. The highest BCUT2D eigenvalue weighted by Crippen LogP contribution is 2.35. The molecule has 44 heavy (non-hydrogen) atoms. The molecule has 0 saturated carbocycles. The van der Waals surface area contributed by atoms with Crippen LogP contribution in [0.15, 0.2) is 99.2 Å². The molecule has 1 N–H and O–H groups in total. The second-order valence-electron chi connectivity index (χ2n) is 9.43. The number of ether oxygens (including phenoxy) is 2. The maximum Gasteiger partial charge on any atom is 0.282 e. The van der Waals surface area contributed by atoms with Gasteiger partial charge in [0.15, 0.2) is 18.1 Å². The number of carbonyl (C=O) groups excluding carboxylic acids is 1. The van der Waals surface area contributed by atoms with Crippen LogP contribution in [0.2, 0.25) is 10.0 Å². The number of para-hydroxylation sites is 2. The minimum atomic E-state index is -0.605. The fraction of sp³-hybridized carbons (Fsp3) is 0.0625. The van der Waals surface area contributed by atoms with Gasteiger partial charge in [-0.05, 0) is 60.2 Å². The molecule has 0 aliphatic carbocycles. The normalized spacial score (nSPS) is 11.4. The van der Waals surface area contributed by atoms with Gasteiger partial charge in [0.05, 0.1) is 45.3 Å². The molecule has 9 nitrogen and oxygen atoms in total. The zero-order valence-electron chi connectivity index (χ0n) is 22.9. The lowest BCUT2D eigenvalue weighted by atomic mass is 10.2. The summed E-state index contributed by atoms with van der Waals surface area (Å²) in [4.78, 5) is 30.5. The Morgan fingerprint density at radius 1 is 1.02 bits per heavy atom. The van der Waals surface area contributed by atoms with Gasteiger partial charge in [-0.15, -0.1) is 0 Å². The van der Waals surface area contributed by atoms with Crippen LogP contribution in [0.4, 0.5) is 10.1 Å². The Bertz CT molecular complexity index is 2120. The molecular weight excluding hydrogens is 610 g/mol. The molecule has 0 radical (unpaired) electrons. The minimum absolute atomic E-state index is 0.0180. The first-order valence-electron chi connectivity index (χ1n) is 13.1. The zero-order chi connectivity index (χ0) is 30.8. The third-order valence-corrected chi connectivity index (χ3v) is 7.12. The molecule has 0 bridgehead atoms. The second kappa shape index (κ2) is 12.2. The number of anilines is 1. The van der Waals surface area contributed by atoms with Crippen molar-refractivity contribution in [3.63, 3.8) is 0 Å². The Kier molecular flexibility index (Phi) is 8.01. The summed E-state index contributed by atoms with van der Waals surface area (Å²) in [7, 11) is 1.56. The highest BCUT2D eigenvalue weighted by Gasteiger charge is 2.18. The number of benzene rings is 4. The number of amides is 1. The van der Waals surface area contributed by atoms with E-state index in [4.69, 9.17) is 37.1 Å². The zero-order valence-corrected chi connectivity index (χ0v) is 24.4. The van der Waals surface area contributed by atoms with Crippen molar-refractivity contribution in [3.8, 4) is 23.1 Å². The fourth-order valence-electron chi connectivity index (χ4n) is 4.52. The molecule has 0 atom stereocenters. The SMILES string of the molecule is COc1cccc2oc(-c3nc4ccccc4c(=O)n3N=Cc3cc(Cl)c(OCC(=O)Nc4ccccc4F)c(Cl)c3)cc12. The Labute approximate surface area is 259 Å². The van der Waals surface area contributed by atoms with E-state index in [0.717, 1.165) is 4.68 Å². The predicted octanol–water partition coefficient (Wildman–Crippen LogP) is 7.16. The first-order valence-corrected chi connectivity index (χ1v) is 13.9. The number of carbonyl (C=O) groups is 1. The van der Waals surface area contributed by atoms with Crippen molar-refractivity contribution in [1.29, 1.82) is 0 Å². The van der Waals surface area contributed by atoms with Crippen LogP contribution >= 0.6 is 23.2 Å². The number of hydrogen-bond donors (Lipinski definition) is 1. The van der Waals surface area contributed by atoms with Crippen molar-refractivity contribution in [3.05, 3.63) is 117 Å². The minimum Gasteiger partial charge on any atom is -0.496 e. The van der Waals surface area contributed by atoms with E-state index in [-0.39, 0.29) is 27.3 Å². The van der Waals surface area contributed by atoms with Gasteiger partial charge in [0.2, 0.25) is 5.82 Å². The third-order valence-electron chi connectivity index (χ3n) is 6.55. The average Bonchev–Trinajstić information content (AvgIpc) is 3.46. The molecule has 0 aliphatic heterocycles. The summed E-state index contributed by atoms with van der Waals surface area (Å²) < 4.78 is 32.0. The number of nitrogens with one attached hydrogen (secondary N) is 1. The molecule has 2 heterocycles. The smallest absolute Gasteiger partial charge is 0.282 e. The maximum atomic E-state index is 13.8. The molecule has 6 rings (SSSR count). The summed E-state index contributed by atoms with van der Waals surface area (Å²) in [6, 6.07) is 22.8. The van der Waals surface area contributed by atoms with Crippen LogP contribution in [0.1, 0.15) is 5.56 Å². The lowest BCUT2D eigenvalue weighted by Gasteiger charge is -2.11. The Balaban J connectivity index is 1.31. The fourth-order valence-corrected chi connectivity index (χ4v) is 5.13. The first kappa shape index (κ1) is 28.9. The van der Waals surface area contributed by atoms with E-state index >= 15 is 0 Å². The van der Waals surface area contributed by atoms with Gasteiger partial charge < -0.3 is 19.2 Å². The van der Waals surface area contributed by atoms with Crippen molar-refractivity contribution < 1.29 is 23.1 Å². The molecule has 1 amide bonds. The van der Waals surface area contributed by atoms with Crippen LogP contribution in [-0.2, 0) is 4.79 Å². The van der Waals surface area contributed by atoms with Gasteiger partial charge in [-0.2, -0.15) is 9.78 Å². The number of halogens is 3. The Morgan fingerprint density at radius 2 is 1.77 bits per heavy atom. The number of furan rings is 1. The molecule has 6 aromatic rings. The molecule has 0 saturated heterocycles. The summed E-state index contributed by atoms with van der Waals surface area (Å²) in [5.74, 6) is -0.0573. The number of fused-ring (bicyclic) bond motifs is 2. The van der Waals surface area contributed by atoms with Crippen LogP contribution in [0, 0.1) is 5.82 Å². The van der Waals surface area contributed by atoms with Crippen molar-refractivity contribution in [2.75, 3.05) is 19.0 Å². The molecule has 2 aromatic heterocycles. The lowest BCUT2D eigenvalue weighted by molar-refractivity contribution is -0.118. The van der Waals surface area contributed by atoms with E-state index in [9.17, 15) is 14.0 Å². The van der Waals surface area contributed by atoms with Gasteiger partial charge in [-0.3, -0.25) is 9.59 Å². The van der Waals surface area contributed by atoms with Crippen molar-refractivity contribution in [1.82, 2.24) is 9.66 Å². The number of rotatable bonds is 8. The van der Waals surface area contributed by atoms with E-state index in [1.54, 1.807) is 61.7 Å². The number of hydrogen-bond acceptors (Lipinski definition) is 7. The number of methoxy groups -OCH3 is 1. The first-order chi connectivity index (χ1) is 21.3. The van der Waals surface area contributed by atoms with Crippen LogP contribution in [0.25, 0.3) is 33.5 Å². The third kappa shape index (κ3) is 5.72. The summed E-state index contributed by atoms with van der Waals surface area (Å²) in [6.07, 6.45) is 1.39. The van der Waals surface area contributed by atoms with Crippen molar-refractivity contribution >= 4 is 62.9 Å². The highest BCUT2D eigenvalue weighted by molar-refractivity contribution is 6.37. The average molecular weight is 631 g/mol. The maximum absolute atomic E-state index is 13.8. The molecular formula is C32H21Cl2FN4O5. The van der Waals surface area contributed by atoms with Gasteiger partial charge >= 0.3 is 0 Å². The monoisotopic (exact) mass is 630 g/mol. The predicted molar refractivity (Wildman–Crippen MR) is 168 cm³/mol. The standard InChI is InChI=1S/C32H21Cl2FN4O5/c1-42-26-11-6-12-27-20(26)15-28(44-27)31-38-24-9-4-2-7-19(24)32(41)39(31)36-16-18-13-21(33)30(22(34)14-18)43-17-29(40)37-25-10-5-3-8-23(25)35/h2-16H,17H2,1H3,(H,37,40). The van der Waals surface area contributed by atoms with E-state index in [0.29, 0.717) is 38.9 Å². The van der Waals surface area contributed by atoms with Crippen LogP contribution < -0.4 is 20.3 Å². The highest BCUT2D eigenvalue weighted by atomic mass is 35.5. The van der Waals surface area contributed by atoms with Crippen molar-refractivity contribution in [2.24, 2.45) is 5.10 Å². The van der Waals surface area contributed by atoms with E-state index < -0.39 is 23.9 Å². The lowest BCUT2D eigenvalue weighted by Crippen LogP contribution is -2.21. The van der Waals surface area contributed by atoms with Crippen LogP contribution in [0.3, 0.4) is 0 Å². The number of nitrogens with zero attached hydrogens (tertiary/aromatic N) is 3. The Morgan fingerprint density at radius 3 is 2.55 bits per heavy atom. The van der Waals surface area contributed by atoms with Crippen molar-refractivity contribution in [2.45, 2.75) is 0 Å². The number of aromatic nitrogens is 2. The van der Waals surface area contributed by atoms with E-state index in [1.165, 1.54) is 36.5 Å². The van der Waals surface area contributed by atoms with Gasteiger partial charge in [0.1, 0.15) is 17.1 Å². The molecule has 4 aromatic carbocycles. The molecule has 220 valence electrons. The van der Waals surface area contributed by atoms with Crippen LogP contribution in [0.5, 0.6) is 11.5 Å². The molecule has 0 spiro atoms. The molecule has 0 fully saturated rings. The summed E-state index contributed by atoms with van der Waals surface area (Å²) in [5, 5.41) is 8.09. The topological polar surface area (TPSA) is 108 Å². The van der Waals surface area contributed by atoms with Crippen LogP contribution in [-0.4, -0.2) is 35.5 Å². The summed E-state index contributed by atoms with van der Waals surface area (Å²) in [6.45, 7) is -0.467.